The quantitative estimate of drug-likeness (QED) is 0.157. The van der Waals surface area contributed by atoms with Crippen LogP contribution in [0.1, 0.15) is 85.1 Å². The summed E-state index contributed by atoms with van der Waals surface area (Å²) in [6, 6.07) is 3.75. The van der Waals surface area contributed by atoms with Gasteiger partial charge in [-0.05, 0) is 31.9 Å². The number of anilines is 2. The van der Waals surface area contributed by atoms with Crippen LogP contribution in [-0.4, -0.2) is 45.4 Å². The number of hydrogen-bond donors (Lipinski definition) is 3. The lowest BCUT2D eigenvalue weighted by molar-refractivity contribution is 0.0519. The number of thiophene rings is 2. The van der Waals surface area contributed by atoms with Crippen LogP contribution in [0.3, 0.4) is 0 Å². The van der Waals surface area contributed by atoms with Gasteiger partial charge in [-0.15, -0.1) is 45.3 Å². The molecule has 10 nitrogen and oxygen atoms in total. The molecule has 4 heterocycles. The van der Waals surface area contributed by atoms with Crippen LogP contribution in [0.5, 0.6) is 0 Å². The first kappa shape index (κ1) is 31.1. The number of rotatable bonds is 11. The fourth-order valence-corrected chi connectivity index (χ4v) is 6.45. The number of esters is 1. The first-order valence-corrected chi connectivity index (χ1v) is 15.8. The highest BCUT2D eigenvalue weighted by Gasteiger charge is 2.15. The molecule has 3 N–H and O–H groups in total. The number of carboxylic acid groups (broad SMARTS) is 1. The minimum Gasteiger partial charge on any atom is -0.476 e. The van der Waals surface area contributed by atoms with Gasteiger partial charge in [-0.25, -0.2) is 19.6 Å². The summed E-state index contributed by atoms with van der Waals surface area (Å²) in [5.74, 6) is -2.05. The number of carboxylic acids is 1. The van der Waals surface area contributed by atoms with Crippen molar-refractivity contribution in [2.75, 3.05) is 17.2 Å². The predicted octanol–water partition coefficient (Wildman–Crippen LogP) is 6.69. The van der Waals surface area contributed by atoms with Crippen molar-refractivity contribution in [1.82, 2.24) is 9.97 Å². The topological polar surface area (TPSA) is 148 Å². The summed E-state index contributed by atoms with van der Waals surface area (Å²) in [6.07, 6.45) is 4.02. The van der Waals surface area contributed by atoms with Crippen molar-refractivity contribution in [2.24, 2.45) is 0 Å². The second-order valence-electron chi connectivity index (χ2n) is 8.11. The van der Waals surface area contributed by atoms with E-state index >= 15 is 0 Å². The number of nitrogens with zero attached hydrogens (tertiary/aromatic N) is 2. The van der Waals surface area contributed by atoms with Crippen LogP contribution in [-0.2, 0) is 17.6 Å². The molecule has 40 heavy (non-hydrogen) atoms. The largest absolute Gasteiger partial charge is 0.476 e. The van der Waals surface area contributed by atoms with E-state index in [1.54, 1.807) is 40.4 Å². The number of amides is 2. The number of hydrogen-bond acceptors (Lipinski definition) is 11. The monoisotopic (exact) mass is 620 g/mol. The summed E-state index contributed by atoms with van der Waals surface area (Å²) in [5, 5.41) is 21.3. The van der Waals surface area contributed by atoms with Crippen molar-refractivity contribution in [3.05, 3.63) is 65.9 Å². The van der Waals surface area contributed by atoms with Crippen LogP contribution >= 0.6 is 45.3 Å². The summed E-state index contributed by atoms with van der Waals surface area (Å²) in [5.41, 5.74) is 1.36. The Balaban J connectivity index is 0.000000222. The zero-order chi connectivity index (χ0) is 29.1. The smallest absolute Gasteiger partial charge is 0.357 e. The van der Waals surface area contributed by atoms with Gasteiger partial charge in [0.1, 0.15) is 0 Å². The Bertz CT molecular complexity index is 1450. The van der Waals surface area contributed by atoms with Crippen LogP contribution < -0.4 is 10.6 Å². The van der Waals surface area contributed by atoms with E-state index in [9.17, 15) is 19.2 Å². The lowest BCUT2D eigenvalue weighted by atomic mass is 10.2. The van der Waals surface area contributed by atoms with E-state index in [1.807, 2.05) is 17.5 Å². The summed E-state index contributed by atoms with van der Waals surface area (Å²) in [4.78, 5) is 56.4. The summed E-state index contributed by atoms with van der Waals surface area (Å²) in [6.45, 7) is 6.22. The molecule has 0 unspecified atom stereocenters. The zero-order valence-corrected chi connectivity index (χ0v) is 25.3. The summed E-state index contributed by atoms with van der Waals surface area (Å²) >= 11 is 5.43. The molecule has 212 valence electrons. The average Bonchev–Trinajstić information content (AvgIpc) is 3.72. The minimum atomic E-state index is -1.10. The third-order valence-corrected chi connectivity index (χ3v) is 8.49. The highest BCUT2D eigenvalue weighted by Crippen LogP contribution is 2.21. The number of aromatic carboxylic acids is 1. The molecule has 4 aromatic heterocycles. The maximum atomic E-state index is 12.1. The normalized spacial score (nSPS) is 10.4. The van der Waals surface area contributed by atoms with Gasteiger partial charge in [0.25, 0.3) is 11.8 Å². The molecule has 0 fully saturated rings. The molecule has 2 amide bonds. The second kappa shape index (κ2) is 15.4. The van der Waals surface area contributed by atoms with Crippen molar-refractivity contribution in [1.29, 1.82) is 0 Å². The molecule has 0 aliphatic rings. The van der Waals surface area contributed by atoms with E-state index in [0.717, 1.165) is 41.9 Å². The third-order valence-electron chi connectivity index (χ3n) is 4.98. The van der Waals surface area contributed by atoms with Crippen molar-refractivity contribution < 1.29 is 29.0 Å². The number of thiazole rings is 2. The van der Waals surface area contributed by atoms with Crippen molar-refractivity contribution >= 4 is 79.4 Å². The second-order valence-corrected chi connectivity index (χ2v) is 11.8. The zero-order valence-electron chi connectivity index (χ0n) is 22.0. The van der Waals surface area contributed by atoms with Crippen LogP contribution in [0, 0.1) is 0 Å². The maximum absolute atomic E-state index is 12.1. The van der Waals surface area contributed by atoms with Gasteiger partial charge in [0.2, 0.25) is 0 Å². The molecular weight excluding hydrogens is 593 g/mol. The van der Waals surface area contributed by atoms with Gasteiger partial charge in [-0.1, -0.05) is 26.7 Å². The Kier molecular flexibility index (Phi) is 11.9. The number of ether oxygens (including phenoxy) is 1. The van der Waals surface area contributed by atoms with Crippen molar-refractivity contribution in [3.63, 3.8) is 0 Å². The Morgan fingerprint density at radius 1 is 0.750 bits per heavy atom. The van der Waals surface area contributed by atoms with Gasteiger partial charge in [-0.2, -0.15) is 0 Å². The molecule has 0 aliphatic carbocycles. The fourth-order valence-electron chi connectivity index (χ4n) is 3.15. The van der Waals surface area contributed by atoms with Gasteiger partial charge < -0.3 is 9.84 Å². The summed E-state index contributed by atoms with van der Waals surface area (Å²) in [7, 11) is 0. The van der Waals surface area contributed by atoms with E-state index in [2.05, 4.69) is 34.4 Å². The average molecular weight is 621 g/mol. The molecule has 0 bridgehead atoms. The fraction of sp³-hybridized carbons (Fsp3) is 0.308. The standard InChI is InChI=1S/C14H16N2O3S2.C12H12N2O3S2/c1-3-5-10-6-9(7-20-10)12(17)16-14-15-11(8-21-14)13(18)19-4-2;1-2-3-8-4-7(5-18-8)10(15)14-12-13-9(6-19-12)11(16)17/h6-8H,3-5H2,1-2H3,(H,15,16,17);4-6H,2-3H2,1H3,(H,16,17)(H,13,14,15). The van der Waals surface area contributed by atoms with E-state index in [-0.39, 0.29) is 23.2 Å². The van der Waals surface area contributed by atoms with E-state index in [4.69, 9.17) is 9.84 Å². The molecule has 0 saturated carbocycles. The highest BCUT2D eigenvalue weighted by molar-refractivity contribution is 7.14. The van der Waals surface area contributed by atoms with Gasteiger partial charge in [-0.3, -0.25) is 20.2 Å². The molecule has 14 heteroatoms. The van der Waals surface area contributed by atoms with Crippen LogP contribution in [0.2, 0.25) is 0 Å². The molecule has 0 atom stereocenters. The number of carbonyl (C=O) groups excluding carboxylic acids is 3. The van der Waals surface area contributed by atoms with Crippen LogP contribution in [0.4, 0.5) is 10.3 Å². The Morgan fingerprint density at radius 2 is 1.23 bits per heavy atom. The molecule has 0 spiro atoms. The van der Waals surface area contributed by atoms with Crippen LogP contribution in [0.15, 0.2) is 33.7 Å². The molecule has 4 aromatic rings. The predicted molar refractivity (Wildman–Crippen MR) is 160 cm³/mol. The number of carbonyl (C=O) groups is 4. The Morgan fingerprint density at radius 3 is 1.65 bits per heavy atom. The molecule has 0 radical (unpaired) electrons. The maximum Gasteiger partial charge on any atom is 0.357 e. The SMILES string of the molecule is CCCc1cc(C(=O)Nc2nc(C(=O)O)cs2)cs1.CCCc1cc(C(=O)Nc2nc(C(=O)OCC)cs2)cs1. The first-order chi connectivity index (χ1) is 19.2. The molecule has 0 saturated heterocycles. The Hall–Kier alpha value is -3.46. The van der Waals surface area contributed by atoms with Gasteiger partial charge in [0.15, 0.2) is 21.7 Å². The molecule has 0 aliphatic heterocycles. The summed E-state index contributed by atoms with van der Waals surface area (Å²) < 4.78 is 4.86. The van der Waals surface area contributed by atoms with E-state index in [0.29, 0.717) is 28.0 Å². The lowest BCUT2D eigenvalue weighted by Gasteiger charge is -1.99. The lowest BCUT2D eigenvalue weighted by Crippen LogP contribution is -2.11. The third kappa shape index (κ3) is 9.05. The number of aromatic nitrogens is 2. The van der Waals surface area contributed by atoms with E-state index < -0.39 is 11.9 Å². The van der Waals surface area contributed by atoms with Crippen LogP contribution in [0.25, 0.3) is 0 Å². The van der Waals surface area contributed by atoms with Crippen molar-refractivity contribution in [2.45, 2.75) is 46.5 Å². The Labute approximate surface area is 247 Å². The number of nitrogens with one attached hydrogen (secondary N) is 2. The highest BCUT2D eigenvalue weighted by atomic mass is 32.1. The number of aryl methyl sites for hydroxylation is 2. The molecular formula is C26H28N4O6S4. The van der Waals surface area contributed by atoms with Gasteiger partial charge in [0, 0.05) is 31.3 Å². The van der Waals surface area contributed by atoms with Gasteiger partial charge >= 0.3 is 11.9 Å². The van der Waals surface area contributed by atoms with Crippen molar-refractivity contribution in [3.8, 4) is 0 Å². The first-order valence-electron chi connectivity index (χ1n) is 12.3. The van der Waals surface area contributed by atoms with Gasteiger partial charge in [0.05, 0.1) is 17.7 Å². The molecule has 4 rings (SSSR count). The van der Waals surface area contributed by atoms with E-state index in [1.165, 1.54) is 21.6 Å². The molecule has 0 aromatic carbocycles. The minimum absolute atomic E-state index is 0.0581.